The van der Waals surface area contributed by atoms with Gasteiger partial charge in [0.15, 0.2) is 0 Å². The van der Waals surface area contributed by atoms with Crippen LogP contribution < -0.4 is 10.2 Å². The SMILES string of the molecule is O=C(CCN1C(=O)c2ccccc2N2C(=O)c3ccccc3[C@@H]12)NCCn1cccc1. The summed E-state index contributed by atoms with van der Waals surface area (Å²) in [6.45, 7) is 1.43. The summed E-state index contributed by atoms with van der Waals surface area (Å²) in [5.74, 6) is -0.411. The third-order valence-electron chi connectivity index (χ3n) is 5.82. The minimum absolute atomic E-state index is 0.122. The fourth-order valence-corrected chi connectivity index (χ4v) is 4.35. The number of hydrogen-bond donors (Lipinski definition) is 1. The Hall–Kier alpha value is -3.87. The van der Waals surface area contributed by atoms with E-state index in [0.29, 0.717) is 29.9 Å². The predicted molar refractivity (Wildman–Crippen MR) is 116 cm³/mol. The van der Waals surface area contributed by atoms with E-state index in [0.717, 1.165) is 5.56 Å². The molecule has 2 aliphatic heterocycles. The molecule has 0 fully saturated rings. The van der Waals surface area contributed by atoms with Gasteiger partial charge in [0.1, 0.15) is 6.17 Å². The second-order valence-electron chi connectivity index (χ2n) is 7.67. The van der Waals surface area contributed by atoms with Crippen LogP contribution in [-0.4, -0.2) is 40.3 Å². The van der Waals surface area contributed by atoms with Crippen LogP contribution in [0.15, 0.2) is 73.1 Å². The second-order valence-corrected chi connectivity index (χ2v) is 7.67. The van der Waals surface area contributed by atoms with Crippen molar-refractivity contribution in [3.8, 4) is 0 Å². The first kappa shape index (κ1) is 19.1. The summed E-state index contributed by atoms with van der Waals surface area (Å²) in [6, 6.07) is 18.4. The van der Waals surface area contributed by atoms with E-state index in [1.54, 1.807) is 34.1 Å². The smallest absolute Gasteiger partial charge is 0.260 e. The van der Waals surface area contributed by atoms with Crippen molar-refractivity contribution in [3.05, 3.63) is 89.7 Å². The number of aromatic nitrogens is 1. The molecular formula is C24H22N4O3. The zero-order chi connectivity index (χ0) is 21.4. The Labute approximate surface area is 179 Å². The van der Waals surface area contributed by atoms with Gasteiger partial charge in [-0.15, -0.1) is 0 Å². The fraction of sp³-hybridized carbons (Fsp3) is 0.208. The Balaban J connectivity index is 1.36. The molecule has 1 aromatic heterocycles. The van der Waals surface area contributed by atoms with Crippen LogP contribution in [0.4, 0.5) is 5.69 Å². The number of hydrogen-bond acceptors (Lipinski definition) is 3. The summed E-state index contributed by atoms with van der Waals surface area (Å²) >= 11 is 0. The van der Waals surface area contributed by atoms with Crippen molar-refractivity contribution in [2.45, 2.75) is 19.1 Å². The van der Waals surface area contributed by atoms with Crippen LogP contribution in [0, 0.1) is 0 Å². The maximum atomic E-state index is 13.3. The Morgan fingerprint density at radius 1 is 0.839 bits per heavy atom. The van der Waals surface area contributed by atoms with Crippen LogP contribution in [0.1, 0.15) is 38.9 Å². The predicted octanol–water partition coefficient (Wildman–Crippen LogP) is 2.81. The molecule has 0 unspecified atom stereocenters. The molecule has 0 spiro atoms. The lowest BCUT2D eigenvalue weighted by atomic mass is 10.0. The standard InChI is InChI=1S/C24H22N4O3/c29-21(25-12-16-26-13-5-6-14-26)11-15-27-22-17-7-1-2-8-18(17)24(31)28(22)20-10-4-3-9-19(20)23(27)30/h1-10,13-14,22H,11-12,15-16H2,(H,25,29)/t22-/m0/s1. The molecule has 2 aromatic carbocycles. The van der Waals surface area contributed by atoms with Gasteiger partial charge in [0.25, 0.3) is 11.8 Å². The summed E-state index contributed by atoms with van der Waals surface area (Å²) < 4.78 is 1.99. The fourth-order valence-electron chi connectivity index (χ4n) is 4.35. The van der Waals surface area contributed by atoms with Gasteiger partial charge in [0.2, 0.25) is 5.91 Å². The zero-order valence-corrected chi connectivity index (χ0v) is 16.9. The third-order valence-corrected chi connectivity index (χ3v) is 5.82. The molecule has 0 saturated heterocycles. The summed E-state index contributed by atoms with van der Waals surface area (Å²) in [7, 11) is 0. The number of nitrogens with one attached hydrogen (secondary N) is 1. The largest absolute Gasteiger partial charge is 0.354 e. The highest BCUT2D eigenvalue weighted by atomic mass is 16.2. The Morgan fingerprint density at radius 2 is 1.55 bits per heavy atom. The lowest BCUT2D eigenvalue weighted by Gasteiger charge is -2.40. The molecule has 0 saturated carbocycles. The first-order valence-electron chi connectivity index (χ1n) is 10.3. The van der Waals surface area contributed by atoms with Gasteiger partial charge < -0.3 is 14.8 Å². The number of rotatable bonds is 6. The van der Waals surface area contributed by atoms with Gasteiger partial charge in [-0.2, -0.15) is 0 Å². The van der Waals surface area contributed by atoms with Gasteiger partial charge >= 0.3 is 0 Å². The third kappa shape index (κ3) is 3.28. The number of fused-ring (bicyclic) bond motifs is 5. The molecule has 2 aliphatic rings. The van der Waals surface area contributed by atoms with Gasteiger partial charge in [0, 0.05) is 49.6 Å². The van der Waals surface area contributed by atoms with Crippen LogP contribution >= 0.6 is 0 Å². The van der Waals surface area contributed by atoms with Crippen molar-refractivity contribution in [2.75, 3.05) is 18.0 Å². The molecule has 3 heterocycles. The average Bonchev–Trinajstić information content (AvgIpc) is 3.41. The van der Waals surface area contributed by atoms with Gasteiger partial charge in [-0.3, -0.25) is 19.3 Å². The van der Waals surface area contributed by atoms with Crippen molar-refractivity contribution in [1.82, 2.24) is 14.8 Å². The quantitative estimate of drug-likeness (QED) is 0.674. The van der Waals surface area contributed by atoms with E-state index in [-0.39, 0.29) is 30.7 Å². The number of carbonyl (C=O) groups is 3. The highest BCUT2D eigenvalue weighted by molar-refractivity contribution is 6.16. The van der Waals surface area contributed by atoms with Gasteiger partial charge in [-0.1, -0.05) is 30.3 Å². The number of carbonyl (C=O) groups excluding carboxylic acids is 3. The average molecular weight is 414 g/mol. The molecule has 0 bridgehead atoms. The number of para-hydroxylation sites is 1. The Kier molecular flexibility index (Phi) is 4.78. The second kappa shape index (κ2) is 7.75. The van der Waals surface area contributed by atoms with Crippen molar-refractivity contribution in [2.24, 2.45) is 0 Å². The van der Waals surface area contributed by atoms with Crippen molar-refractivity contribution >= 4 is 23.4 Å². The zero-order valence-electron chi connectivity index (χ0n) is 16.9. The topological polar surface area (TPSA) is 74.7 Å². The molecule has 31 heavy (non-hydrogen) atoms. The minimum atomic E-state index is -0.529. The van der Waals surface area contributed by atoms with E-state index in [9.17, 15) is 14.4 Å². The molecule has 0 aliphatic carbocycles. The van der Waals surface area contributed by atoms with E-state index in [4.69, 9.17) is 0 Å². The molecule has 3 amide bonds. The van der Waals surface area contributed by atoms with Gasteiger partial charge in [-0.25, -0.2) is 0 Å². The molecule has 1 atom stereocenters. The van der Waals surface area contributed by atoms with Gasteiger partial charge in [-0.05, 0) is 30.3 Å². The highest BCUT2D eigenvalue weighted by Crippen LogP contribution is 2.45. The van der Waals surface area contributed by atoms with Crippen LogP contribution in [0.25, 0.3) is 0 Å². The molecule has 0 radical (unpaired) electrons. The maximum Gasteiger partial charge on any atom is 0.260 e. The van der Waals surface area contributed by atoms with Crippen LogP contribution in [0.3, 0.4) is 0 Å². The summed E-state index contributed by atoms with van der Waals surface area (Å²) in [6.07, 6.45) is 3.53. The Morgan fingerprint density at radius 3 is 2.35 bits per heavy atom. The summed E-state index contributed by atoms with van der Waals surface area (Å²) in [5, 5.41) is 2.90. The highest BCUT2D eigenvalue weighted by Gasteiger charge is 2.47. The van der Waals surface area contributed by atoms with Crippen LogP contribution in [0.5, 0.6) is 0 Å². The lowest BCUT2D eigenvalue weighted by molar-refractivity contribution is -0.121. The van der Waals surface area contributed by atoms with Gasteiger partial charge in [0.05, 0.1) is 11.3 Å². The van der Waals surface area contributed by atoms with E-state index < -0.39 is 6.17 Å². The number of amides is 3. The number of benzene rings is 2. The first-order chi connectivity index (χ1) is 15.1. The maximum absolute atomic E-state index is 13.3. The molecule has 1 N–H and O–H groups in total. The molecule has 7 heteroatoms. The lowest BCUT2D eigenvalue weighted by Crippen LogP contribution is -2.49. The Bertz CT molecular complexity index is 1160. The van der Waals surface area contributed by atoms with Crippen molar-refractivity contribution in [3.63, 3.8) is 0 Å². The van der Waals surface area contributed by atoms with E-state index in [1.807, 2.05) is 53.4 Å². The molecule has 5 rings (SSSR count). The first-order valence-corrected chi connectivity index (χ1v) is 10.3. The van der Waals surface area contributed by atoms with E-state index in [2.05, 4.69) is 5.32 Å². The monoisotopic (exact) mass is 414 g/mol. The molecule has 7 nitrogen and oxygen atoms in total. The molecular weight excluding hydrogens is 392 g/mol. The van der Waals surface area contributed by atoms with Crippen LogP contribution in [0.2, 0.25) is 0 Å². The van der Waals surface area contributed by atoms with E-state index in [1.165, 1.54) is 0 Å². The summed E-state index contributed by atoms with van der Waals surface area (Å²) in [5.41, 5.74) is 2.49. The number of nitrogens with zero attached hydrogens (tertiary/aromatic N) is 3. The normalized spacial score (nSPS) is 16.7. The number of anilines is 1. The van der Waals surface area contributed by atoms with E-state index >= 15 is 0 Å². The summed E-state index contributed by atoms with van der Waals surface area (Å²) in [4.78, 5) is 42.2. The van der Waals surface area contributed by atoms with Crippen molar-refractivity contribution < 1.29 is 14.4 Å². The van der Waals surface area contributed by atoms with Crippen LogP contribution in [-0.2, 0) is 11.3 Å². The minimum Gasteiger partial charge on any atom is -0.354 e. The molecule has 3 aromatic rings. The molecule has 156 valence electrons. The van der Waals surface area contributed by atoms with Crippen molar-refractivity contribution in [1.29, 1.82) is 0 Å².